The van der Waals surface area contributed by atoms with E-state index < -0.39 is 12.0 Å². The SMILES string of the molecule is CC(NC(=O)c1cccs1)C(=O)Oc1ccc2oc3c(c2c1)CCCC3. The second-order valence-electron chi connectivity index (χ2n) is 6.46. The molecule has 2 heterocycles. The maximum absolute atomic E-state index is 12.3. The molecule has 26 heavy (non-hydrogen) atoms. The molecule has 5 nitrogen and oxygen atoms in total. The first-order valence-corrected chi connectivity index (χ1v) is 9.60. The van der Waals surface area contributed by atoms with Gasteiger partial charge in [0.05, 0.1) is 4.88 Å². The number of furan rings is 1. The van der Waals surface area contributed by atoms with Crippen LogP contribution in [0.5, 0.6) is 5.75 Å². The van der Waals surface area contributed by atoms with Crippen molar-refractivity contribution in [2.24, 2.45) is 0 Å². The topological polar surface area (TPSA) is 68.5 Å². The number of thiophene rings is 1. The molecule has 1 aromatic carbocycles. The highest BCUT2D eigenvalue weighted by Gasteiger charge is 2.21. The Balaban J connectivity index is 1.47. The van der Waals surface area contributed by atoms with Crippen LogP contribution in [0.4, 0.5) is 0 Å². The van der Waals surface area contributed by atoms with E-state index in [2.05, 4.69) is 5.32 Å². The van der Waals surface area contributed by atoms with Crippen molar-refractivity contribution in [3.63, 3.8) is 0 Å². The van der Waals surface area contributed by atoms with Crippen molar-refractivity contribution < 1.29 is 18.7 Å². The molecule has 0 fully saturated rings. The lowest BCUT2D eigenvalue weighted by molar-refractivity contribution is -0.136. The quantitative estimate of drug-likeness (QED) is 0.555. The van der Waals surface area contributed by atoms with Gasteiger partial charge in [0.25, 0.3) is 5.91 Å². The minimum atomic E-state index is -0.737. The number of fused-ring (bicyclic) bond motifs is 3. The van der Waals surface area contributed by atoms with E-state index in [0.717, 1.165) is 42.4 Å². The molecule has 134 valence electrons. The van der Waals surface area contributed by atoms with Crippen LogP contribution in [0.25, 0.3) is 11.0 Å². The van der Waals surface area contributed by atoms with Crippen molar-refractivity contribution >= 4 is 34.2 Å². The molecule has 3 aromatic rings. The van der Waals surface area contributed by atoms with Gasteiger partial charge in [0.1, 0.15) is 23.1 Å². The van der Waals surface area contributed by atoms with Crippen LogP contribution in [0.3, 0.4) is 0 Å². The van der Waals surface area contributed by atoms with Crippen LogP contribution < -0.4 is 10.1 Å². The number of rotatable bonds is 4. The Morgan fingerprint density at radius 3 is 2.88 bits per heavy atom. The summed E-state index contributed by atoms with van der Waals surface area (Å²) >= 11 is 1.33. The molecule has 2 aromatic heterocycles. The van der Waals surface area contributed by atoms with Gasteiger partial charge < -0.3 is 14.5 Å². The number of hydrogen-bond acceptors (Lipinski definition) is 5. The molecule has 6 heteroatoms. The first-order chi connectivity index (χ1) is 12.6. The van der Waals surface area contributed by atoms with Gasteiger partial charge in [-0.25, -0.2) is 4.79 Å². The Bertz CT molecular complexity index is 958. The predicted molar refractivity (Wildman–Crippen MR) is 99.7 cm³/mol. The highest BCUT2D eigenvalue weighted by molar-refractivity contribution is 7.12. The van der Waals surface area contributed by atoms with Crippen molar-refractivity contribution in [3.05, 3.63) is 51.9 Å². The summed E-state index contributed by atoms with van der Waals surface area (Å²) in [5.41, 5.74) is 2.05. The second-order valence-corrected chi connectivity index (χ2v) is 7.41. The van der Waals surface area contributed by atoms with Crippen molar-refractivity contribution in [1.29, 1.82) is 0 Å². The molecule has 0 aliphatic heterocycles. The minimum absolute atomic E-state index is 0.274. The van der Waals surface area contributed by atoms with E-state index in [-0.39, 0.29) is 5.91 Å². The second kappa shape index (κ2) is 6.96. The fourth-order valence-corrected chi connectivity index (χ4v) is 3.87. The maximum atomic E-state index is 12.3. The first kappa shape index (κ1) is 16.8. The van der Waals surface area contributed by atoms with Crippen molar-refractivity contribution in [3.8, 4) is 5.75 Å². The average molecular weight is 369 g/mol. The summed E-state index contributed by atoms with van der Waals surface area (Å²) in [5.74, 6) is 0.746. The summed E-state index contributed by atoms with van der Waals surface area (Å²) in [6.45, 7) is 1.62. The van der Waals surface area contributed by atoms with Crippen LogP contribution >= 0.6 is 11.3 Å². The fraction of sp³-hybridized carbons (Fsp3) is 0.300. The number of carbonyl (C=O) groups excluding carboxylic acids is 2. The largest absolute Gasteiger partial charge is 0.461 e. The molecule has 0 spiro atoms. The zero-order chi connectivity index (χ0) is 18.1. The van der Waals surface area contributed by atoms with E-state index in [0.29, 0.717) is 10.6 Å². The zero-order valence-corrected chi connectivity index (χ0v) is 15.2. The number of hydrogen-bond donors (Lipinski definition) is 1. The summed E-state index contributed by atoms with van der Waals surface area (Å²) < 4.78 is 11.4. The number of esters is 1. The molecule has 1 amide bonds. The maximum Gasteiger partial charge on any atom is 0.333 e. The standard InChI is InChI=1S/C20H19NO4S/c1-12(21-19(22)18-7-4-10-26-18)20(23)24-13-8-9-17-15(11-13)14-5-2-3-6-16(14)25-17/h4,7-12H,2-3,5-6H2,1H3,(H,21,22). The smallest absolute Gasteiger partial charge is 0.333 e. The molecule has 4 rings (SSSR count). The third kappa shape index (κ3) is 3.24. The Labute approximate surface area is 155 Å². The summed E-state index contributed by atoms with van der Waals surface area (Å²) in [7, 11) is 0. The number of aryl methyl sites for hydroxylation is 2. The molecule has 1 atom stereocenters. The van der Waals surface area contributed by atoms with Gasteiger partial charge in [0, 0.05) is 17.4 Å². The van der Waals surface area contributed by atoms with E-state index in [1.54, 1.807) is 25.1 Å². The number of benzene rings is 1. The van der Waals surface area contributed by atoms with Gasteiger partial charge in [0.2, 0.25) is 0 Å². The number of ether oxygens (including phenoxy) is 1. The Kier molecular flexibility index (Phi) is 4.51. The lowest BCUT2D eigenvalue weighted by Crippen LogP contribution is -2.40. The van der Waals surface area contributed by atoms with E-state index >= 15 is 0 Å². The Hall–Kier alpha value is -2.60. The minimum Gasteiger partial charge on any atom is -0.461 e. The summed E-state index contributed by atoms with van der Waals surface area (Å²) in [4.78, 5) is 24.9. The van der Waals surface area contributed by atoms with Gasteiger partial charge in [-0.2, -0.15) is 0 Å². The van der Waals surface area contributed by atoms with Crippen LogP contribution in [0.2, 0.25) is 0 Å². The number of carbonyl (C=O) groups is 2. The van der Waals surface area contributed by atoms with Crippen LogP contribution in [-0.2, 0) is 17.6 Å². The Morgan fingerprint density at radius 1 is 1.23 bits per heavy atom. The molecule has 0 radical (unpaired) electrons. The van der Waals surface area contributed by atoms with Crippen molar-refractivity contribution in [2.75, 3.05) is 0 Å². The van der Waals surface area contributed by atoms with Crippen LogP contribution in [0, 0.1) is 0 Å². The van der Waals surface area contributed by atoms with E-state index in [1.165, 1.54) is 16.9 Å². The van der Waals surface area contributed by atoms with Crippen LogP contribution in [0.15, 0.2) is 40.1 Å². The van der Waals surface area contributed by atoms with Gasteiger partial charge in [-0.3, -0.25) is 4.79 Å². The summed E-state index contributed by atoms with van der Waals surface area (Å²) in [6.07, 6.45) is 4.26. The van der Waals surface area contributed by atoms with Crippen LogP contribution in [-0.4, -0.2) is 17.9 Å². The highest BCUT2D eigenvalue weighted by atomic mass is 32.1. The molecule has 1 N–H and O–H groups in total. The lowest BCUT2D eigenvalue weighted by atomic mass is 9.96. The lowest BCUT2D eigenvalue weighted by Gasteiger charge is -2.13. The molecule has 1 aliphatic rings. The molecule has 0 saturated carbocycles. The summed E-state index contributed by atoms with van der Waals surface area (Å²) in [5, 5.41) is 5.50. The first-order valence-electron chi connectivity index (χ1n) is 8.72. The van der Waals surface area contributed by atoms with Gasteiger partial charge >= 0.3 is 5.97 Å². The molecular formula is C20H19NO4S. The van der Waals surface area contributed by atoms with Gasteiger partial charge in [-0.05, 0) is 55.8 Å². The van der Waals surface area contributed by atoms with E-state index in [1.807, 2.05) is 17.5 Å². The highest BCUT2D eigenvalue weighted by Crippen LogP contribution is 2.34. The molecule has 1 aliphatic carbocycles. The zero-order valence-electron chi connectivity index (χ0n) is 14.4. The normalized spacial score (nSPS) is 14.7. The van der Waals surface area contributed by atoms with E-state index in [4.69, 9.17) is 9.15 Å². The summed E-state index contributed by atoms with van der Waals surface area (Å²) in [6, 6.07) is 8.19. The Morgan fingerprint density at radius 2 is 2.08 bits per heavy atom. The monoisotopic (exact) mass is 369 g/mol. The van der Waals surface area contributed by atoms with E-state index in [9.17, 15) is 9.59 Å². The van der Waals surface area contributed by atoms with Gasteiger partial charge in [-0.1, -0.05) is 6.07 Å². The van der Waals surface area contributed by atoms with Crippen LogP contribution in [0.1, 0.15) is 40.8 Å². The number of amides is 1. The van der Waals surface area contributed by atoms with Gasteiger partial charge in [-0.15, -0.1) is 11.3 Å². The van der Waals surface area contributed by atoms with Gasteiger partial charge in [0.15, 0.2) is 0 Å². The molecule has 0 saturated heterocycles. The average Bonchev–Trinajstić information content (AvgIpc) is 3.29. The molecular weight excluding hydrogens is 350 g/mol. The molecule has 1 unspecified atom stereocenters. The van der Waals surface area contributed by atoms with Crippen molar-refractivity contribution in [2.45, 2.75) is 38.6 Å². The third-order valence-corrected chi connectivity index (χ3v) is 5.46. The number of nitrogens with one attached hydrogen (secondary N) is 1. The van der Waals surface area contributed by atoms with Crippen molar-refractivity contribution in [1.82, 2.24) is 5.32 Å². The molecule has 0 bridgehead atoms. The third-order valence-electron chi connectivity index (χ3n) is 4.59. The fourth-order valence-electron chi connectivity index (χ4n) is 3.24. The predicted octanol–water partition coefficient (Wildman–Crippen LogP) is 4.10.